The molecule has 3 heterocycles. The normalized spacial score (nSPS) is 18.3. The molecule has 0 amide bonds. The van der Waals surface area contributed by atoms with Gasteiger partial charge in [-0.15, -0.1) is 0 Å². The Morgan fingerprint density at radius 3 is 2.65 bits per heavy atom. The average Bonchev–Trinajstić information content (AvgIpc) is 3.28. The number of aromatic nitrogens is 4. The zero-order chi connectivity index (χ0) is 15.5. The highest BCUT2D eigenvalue weighted by Gasteiger charge is 2.24. The minimum absolute atomic E-state index is 0.557. The van der Waals surface area contributed by atoms with Gasteiger partial charge in [-0.25, -0.2) is 9.97 Å². The van der Waals surface area contributed by atoms with E-state index in [4.69, 9.17) is 0 Å². The van der Waals surface area contributed by atoms with Crippen LogP contribution in [0.15, 0.2) is 55.0 Å². The highest BCUT2D eigenvalue weighted by molar-refractivity contribution is 5.53. The van der Waals surface area contributed by atoms with E-state index in [0.717, 1.165) is 36.6 Å². The molecule has 1 N–H and O–H groups in total. The van der Waals surface area contributed by atoms with Gasteiger partial charge in [-0.1, -0.05) is 30.3 Å². The van der Waals surface area contributed by atoms with Crippen molar-refractivity contribution in [2.24, 2.45) is 0 Å². The molecule has 0 saturated carbocycles. The fourth-order valence-electron chi connectivity index (χ4n) is 3.16. The smallest absolute Gasteiger partial charge is 0.159 e. The van der Waals surface area contributed by atoms with Crippen LogP contribution in [0.5, 0.6) is 0 Å². The lowest BCUT2D eigenvalue weighted by Crippen LogP contribution is -2.20. The fourth-order valence-corrected chi connectivity index (χ4v) is 3.16. The van der Waals surface area contributed by atoms with Gasteiger partial charge in [0.05, 0.1) is 0 Å². The van der Waals surface area contributed by atoms with Crippen molar-refractivity contribution in [1.29, 1.82) is 0 Å². The van der Waals surface area contributed by atoms with E-state index in [1.54, 1.807) is 0 Å². The summed E-state index contributed by atoms with van der Waals surface area (Å²) >= 11 is 0. The molecule has 1 unspecified atom stereocenters. The molecular weight excluding hydrogens is 286 g/mol. The van der Waals surface area contributed by atoms with E-state index in [9.17, 15) is 0 Å². The molecule has 5 nitrogen and oxygen atoms in total. The Kier molecular flexibility index (Phi) is 3.86. The number of hydrogen-bond donors (Lipinski definition) is 1. The minimum atomic E-state index is 0.557. The maximum Gasteiger partial charge on any atom is 0.159 e. The van der Waals surface area contributed by atoms with Crippen LogP contribution in [-0.4, -0.2) is 38.2 Å². The topological polar surface area (TPSA) is 57.7 Å². The first-order chi connectivity index (χ1) is 11.4. The molecule has 2 aromatic heterocycles. The van der Waals surface area contributed by atoms with Crippen LogP contribution in [0.25, 0.3) is 11.4 Å². The quantitative estimate of drug-likeness (QED) is 0.805. The summed E-state index contributed by atoms with van der Waals surface area (Å²) in [7, 11) is 0. The van der Waals surface area contributed by atoms with Gasteiger partial charge in [0.2, 0.25) is 0 Å². The van der Waals surface area contributed by atoms with Crippen LogP contribution in [0.2, 0.25) is 0 Å². The van der Waals surface area contributed by atoms with Crippen molar-refractivity contribution in [3.63, 3.8) is 0 Å². The molecule has 23 heavy (non-hydrogen) atoms. The average molecular weight is 305 g/mol. The summed E-state index contributed by atoms with van der Waals surface area (Å²) in [5.41, 5.74) is 3.46. The second-order valence-electron chi connectivity index (χ2n) is 6.01. The maximum absolute atomic E-state index is 4.51. The molecule has 0 spiro atoms. The van der Waals surface area contributed by atoms with Gasteiger partial charge in [0.1, 0.15) is 0 Å². The molecular formula is C18H19N5. The van der Waals surface area contributed by atoms with E-state index in [1.807, 2.05) is 48.9 Å². The van der Waals surface area contributed by atoms with Crippen molar-refractivity contribution >= 4 is 0 Å². The summed E-state index contributed by atoms with van der Waals surface area (Å²) in [4.78, 5) is 11.5. The molecule has 0 aliphatic carbocycles. The molecule has 1 aromatic carbocycles. The summed E-state index contributed by atoms with van der Waals surface area (Å²) in [6.07, 6.45) is 6.89. The van der Waals surface area contributed by atoms with Crippen LogP contribution in [0.3, 0.4) is 0 Å². The van der Waals surface area contributed by atoms with Gasteiger partial charge in [0.15, 0.2) is 5.82 Å². The zero-order valence-corrected chi connectivity index (χ0v) is 12.9. The van der Waals surface area contributed by atoms with E-state index < -0.39 is 0 Å². The molecule has 3 aromatic rings. The van der Waals surface area contributed by atoms with Gasteiger partial charge in [0, 0.05) is 54.4 Å². The van der Waals surface area contributed by atoms with E-state index >= 15 is 0 Å². The number of likely N-dealkylation sites (tertiary alicyclic amines) is 1. The predicted octanol–water partition coefficient (Wildman–Crippen LogP) is 2.86. The zero-order valence-electron chi connectivity index (χ0n) is 12.9. The first-order valence-corrected chi connectivity index (χ1v) is 7.96. The Bertz CT molecular complexity index is 737. The number of benzene rings is 1. The van der Waals surface area contributed by atoms with Crippen LogP contribution >= 0.6 is 0 Å². The summed E-state index contributed by atoms with van der Waals surface area (Å²) < 4.78 is 0. The van der Waals surface area contributed by atoms with Crippen LogP contribution in [-0.2, 0) is 6.54 Å². The van der Waals surface area contributed by atoms with Crippen LogP contribution < -0.4 is 0 Å². The van der Waals surface area contributed by atoms with Gasteiger partial charge in [-0.2, -0.15) is 5.10 Å². The van der Waals surface area contributed by atoms with Gasteiger partial charge < -0.3 is 0 Å². The number of nitrogens with one attached hydrogen (secondary N) is 1. The summed E-state index contributed by atoms with van der Waals surface area (Å²) in [6, 6.07) is 12.2. The van der Waals surface area contributed by atoms with Crippen molar-refractivity contribution in [3.8, 4) is 11.4 Å². The minimum Gasteiger partial charge on any atom is -0.298 e. The Balaban J connectivity index is 1.40. The third kappa shape index (κ3) is 3.14. The number of rotatable bonds is 4. The van der Waals surface area contributed by atoms with E-state index in [-0.39, 0.29) is 0 Å². The fraction of sp³-hybridized carbons (Fsp3) is 0.278. The Morgan fingerprint density at radius 1 is 1.09 bits per heavy atom. The second-order valence-corrected chi connectivity index (χ2v) is 6.01. The van der Waals surface area contributed by atoms with Gasteiger partial charge >= 0.3 is 0 Å². The first kappa shape index (κ1) is 14.1. The van der Waals surface area contributed by atoms with Crippen molar-refractivity contribution < 1.29 is 0 Å². The predicted molar refractivity (Wildman–Crippen MR) is 88.7 cm³/mol. The molecule has 116 valence electrons. The molecule has 5 heteroatoms. The lowest BCUT2D eigenvalue weighted by atomic mass is 10.1. The highest BCUT2D eigenvalue weighted by atomic mass is 15.2. The van der Waals surface area contributed by atoms with Crippen LogP contribution in [0, 0.1) is 0 Å². The van der Waals surface area contributed by atoms with Crippen molar-refractivity contribution in [1.82, 2.24) is 25.1 Å². The lowest BCUT2D eigenvalue weighted by molar-refractivity contribution is 0.325. The highest BCUT2D eigenvalue weighted by Crippen LogP contribution is 2.26. The molecule has 1 aliphatic rings. The van der Waals surface area contributed by atoms with Gasteiger partial charge in [0.25, 0.3) is 0 Å². The lowest BCUT2D eigenvalue weighted by Gasteiger charge is -2.15. The molecule has 1 fully saturated rings. The van der Waals surface area contributed by atoms with Crippen LogP contribution in [0.4, 0.5) is 0 Å². The number of hydrogen-bond acceptors (Lipinski definition) is 4. The molecule has 1 saturated heterocycles. The van der Waals surface area contributed by atoms with E-state index in [1.165, 1.54) is 12.1 Å². The third-order valence-corrected chi connectivity index (χ3v) is 4.38. The molecule has 4 rings (SSSR count). The largest absolute Gasteiger partial charge is 0.298 e. The number of aromatic amines is 1. The number of H-pyrrole nitrogens is 1. The Morgan fingerprint density at radius 2 is 1.91 bits per heavy atom. The second kappa shape index (κ2) is 6.30. The van der Waals surface area contributed by atoms with Crippen LogP contribution in [0.1, 0.15) is 23.6 Å². The Hall–Kier alpha value is -2.53. The van der Waals surface area contributed by atoms with Crippen molar-refractivity contribution in [2.75, 3.05) is 13.1 Å². The SMILES string of the molecule is c1ccc(-c2ncc(CN3CCC(c4ccn[nH]4)C3)cn2)cc1. The van der Waals surface area contributed by atoms with E-state index in [0.29, 0.717) is 5.92 Å². The maximum atomic E-state index is 4.51. The Labute approximate surface area is 135 Å². The number of nitrogens with zero attached hydrogens (tertiary/aromatic N) is 4. The van der Waals surface area contributed by atoms with E-state index in [2.05, 4.69) is 31.1 Å². The van der Waals surface area contributed by atoms with Gasteiger partial charge in [-0.3, -0.25) is 10.00 Å². The summed E-state index contributed by atoms with van der Waals surface area (Å²) in [6.45, 7) is 3.06. The van der Waals surface area contributed by atoms with Crippen molar-refractivity contribution in [3.05, 3.63) is 66.2 Å². The molecule has 0 radical (unpaired) electrons. The van der Waals surface area contributed by atoms with Crippen molar-refractivity contribution in [2.45, 2.75) is 18.9 Å². The molecule has 0 bridgehead atoms. The summed E-state index contributed by atoms with van der Waals surface area (Å²) in [5.74, 6) is 1.34. The standard InChI is InChI=1S/C18H19N5/c1-2-4-15(5-3-1)18-19-10-14(11-20-18)12-23-9-7-16(13-23)17-6-8-21-22-17/h1-6,8,10-11,16H,7,9,12-13H2,(H,21,22). The first-order valence-electron chi connectivity index (χ1n) is 7.96. The monoisotopic (exact) mass is 305 g/mol. The molecule has 1 atom stereocenters. The molecule has 1 aliphatic heterocycles. The van der Waals surface area contributed by atoms with Gasteiger partial charge in [-0.05, 0) is 19.0 Å². The summed E-state index contributed by atoms with van der Waals surface area (Å²) in [5, 5.41) is 7.14. The third-order valence-electron chi connectivity index (χ3n) is 4.38.